The molecular weight excluding hydrogens is 1770 g/mol. The summed E-state index contributed by atoms with van der Waals surface area (Å²) >= 11 is 0. The van der Waals surface area contributed by atoms with Gasteiger partial charge in [-0.1, -0.05) is 160 Å². The van der Waals surface area contributed by atoms with E-state index in [1.54, 1.807) is 107 Å². The maximum atomic E-state index is 12.9. The Morgan fingerprint density at radius 2 is 0.642 bits per heavy atom. The van der Waals surface area contributed by atoms with E-state index in [9.17, 15) is 113 Å². The molecule has 0 amide bonds. The third-order valence-electron chi connectivity index (χ3n) is 26.3. The van der Waals surface area contributed by atoms with Crippen molar-refractivity contribution in [2.75, 3.05) is 0 Å². The lowest BCUT2D eigenvalue weighted by Crippen LogP contribution is -2.36. The predicted molar refractivity (Wildman–Crippen MR) is 517 cm³/mol. The molecule has 25 atom stereocenters. The number of carboxylic acids is 2. The van der Waals surface area contributed by atoms with Gasteiger partial charge in [0.2, 0.25) is 0 Å². The van der Waals surface area contributed by atoms with E-state index >= 15 is 0 Å². The zero-order chi connectivity index (χ0) is 105. The van der Waals surface area contributed by atoms with Crippen molar-refractivity contribution in [3.8, 4) is 0 Å². The summed E-state index contributed by atoms with van der Waals surface area (Å²) in [6.07, 6.45) is 8.91. The van der Waals surface area contributed by atoms with Crippen molar-refractivity contribution in [1.82, 2.24) is 0 Å². The molecule has 0 aromatic rings. The zero-order valence-corrected chi connectivity index (χ0v) is 84.9. The van der Waals surface area contributed by atoms with Crippen LogP contribution in [0.15, 0.2) is 142 Å². The van der Waals surface area contributed by atoms with Gasteiger partial charge in [-0.15, -0.1) is 0 Å². The number of aliphatic hydroxyl groups excluding tert-OH is 10. The fourth-order valence-electron chi connectivity index (χ4n) is 16.2. The molecule has 3 aliphatic heterocycles. The van der Waals surface area contributed by atoms with Gasteiger partial charge in [0, 0.05) is 90.1 Å². The van der Waals surface area contributed by atoms with Crippen LogP contribution in [-0.2, 0) is 90.8 Å². The van der Waals surface area contributed by atoms with Gasteiger partial charge >= 0.3 is 47.8 Å². The van der Waals surface area contributed by atoms with Crippen LogP contribution in [0, 0.1) is 71.0 Å². The van der Waals surface area contributed by atoms with Crippen LogP contribution < -0.4 is 0 Å². The van der Waals surface area contributed by atoms with Crippen molar-refractivity contribution in [2.45, 2.75) is 373 Å². The summed E-state index contributed by atoms with van der Waals surface area (Å²) in [6.45, 7) is 49.6. The van der Waals surface area contributed by atoms with Gasteiger partial charge in [0.1, 0.15) is 52.9 Å². The van der Waals surface area contributed by atoms with Crippen LogP contribution in [0.25, 0.3) is 0 Å². The van der Waals surface area contributed by atoms with Crippen molar-refractivity contribution < 1.29 is 152 Å². The second kappa shape index (κ2) is 63.3. The minimum absolute atomic E-state index is 0.00786. The summed E-state index contributed by atoms with van der Waals surface area (Å²) in [6, 6.07) is 0. The van der Waals surface area contributed by atoms with Gasteiger partial charge in [-0.2, -0.15) is 0 Å². The first kappa shape index (κ1) is 126. The van der Waals surface area contributed by atoms with Crippen LogP contribution in [-0.4, -0.2) is 217 Å². The van der Waals surface area contributed by atoms with Crippen LogP contribution in [0.1, 0.15) is 294 Å². The monoisotopic (exact) mass is 1930 g/mol. The normalized spacial score (nSPS) is 19.6. The molecule has 12 N–H and O–H groups in total. The number of ether oxygens (including phenoxy) is 6. The minimum Gasteiger partial charge on any atom is -0.478 e. The molecule has 13 unspecified atom stereocenters. The Kier molecular flexibility index (Phi) is 58.0. The number of Topliss-reactive ketones (excluding diaryl/α,β-unsaturated/α-hetero) is 3. The molecule has 31 heteroatoms. The molecule has 0 saturated heterocycles. The van der Waals surface area contributed by atoms with Crippen molar-refractivity contribution in [2.24, 2.45) is 71.0 Å². The summed E-state index contributed by atoms with van der Waals surface area (Å²) in [4.78, 5) is 157. The van der Waals surface area contributed by atoms with Crippen molar-refractivity contribution in [1.29, 1.82) is 0 Å². The average molecular weight is 1930 g/mol. The number of ketones is 5. The fraction of sp³-hybridized carbons (Fsp3) is 0.651. The Hall–Kier alpha value is -9.41. The SMILES string of the molecule is C=C1OC(=O)C(C(O)CC(=O)O[C@H](C)[C@@H](C)C(O)CC(=O)[C@@H](C)C(O)CCC(C)C[C@@H](C)CC(=O)/C=C(/C=C/C(C)=O)CC)=C1C.C=C1OC(=O)C(C(O)CC(=O)O[C@H](C)[C@@H](C)C(O)CC(=O)[C@@H](C)C(O)CCC(C)C[C@@H](C)CC(O)/C=C(/C=C/C(=O)O)CC)=C1C.C=C1OC(=O)C(C(O)CC(=O)O[C@H](C)[C@@H](C)C(O)CC(=O)[C@@H](C)C(O)CCC(C)C[C@@H](C)CC/C=C(/C=C/C(=O)O)CC)=C1C. The Morgan fingerprint density at radius 1 is 0.350 bits per heavy atom. The summed E-state index contributed by atoms with van der Waals surface area (Å²) in [5, 5.41) is 123. The Bertz CT molecular complexity index is 4370. The summed E-state index contributed by atoms with van der Waals surface area (Å²) in [5.74, 6) is -9.66. The lowest BCUT2D eigenvalue weighted by molar-refractivity contribution is -0.156. The van der Waals surface area contributed by atoms with Crippen molar-refractivity contribution in [3.63, 3.8) is 0 Å². The number of rotatable bonds is 63. The molecule has 0 aliphatic carbocycles. The Labute approximate surface area is 810 Å². The van der Waals surface area contributed by atoms with Gasteiger partial charge in [0.05, 0.1) is 97.0 Å². The molecule has 0 fully saturated rings. The summed E-state index contributed by atoms with van der Waals surface area (Å²) < 4.78 is 30.7. The highest BCUT2D eigenvalue weighted by Crippen LogP contribution is 2.35. The van der Waals surface area contributed by atoms with Gasteiger partial charge in [-0.3, -0.25) is 38.4 Å². The van der Waals surface area contributed by atoms with E-state index in [-0.39, 0.29) is 106 Å². The molecule has 0 aromatic heterocycles. The number of esters is 6. The second-order valence-electron chi connectivity index (χ2n) is 38.4. The van der Waals surface area contributed by atoms with Gasteiger partial charge in [0.25, 0.3) is 0 Å². The molecule has 0 spiro atoms. The highest BCUT2D eigenvalue weighted by atomic mass is 16.6. The number of carbonyl (C=O) groups is 13. The molecule has 3 aliphatic rings. The minimum atomic E-state index is -1.43. The van der Waals surface area contributed by atoms with E-state index in [2.05, 4.69) is 39.7 Å². The number of allylic oxidation sites excluding steroid dienone is 12. The largest absolute Gasteiger partial charge is 0.478 e. The number of hydrogen-bond acceptors (Lipinski definition) is 29. The van der Waals surface area contributed by atoms with E-state index in [0.29, 0.717) is 86.3 Å². The summed E-state index contributed by atoms with van der Waals surface area (Å²) in [5.41, 5.74) is 3.51. The number of carboxylic acid groups (broad SMARTS) is 2. The molecular formula is C106H162O31. The lowest BCUT2D eigenvalue weighted by Gasteiger charge is -2.27. The number of carbonyl (C=O) groups excluding carboxylic acids is 11. The van der Waals surface area contributed by atoms with Crippen molar-refractivity contribution in [3.05, 3.63) is 142 Å². The highest BCUT2D eigenvalue weighted by molar-refractivity contribution is 5.98. The quantitative estimate of drug-likeness (QED) is 0.0116. The van der Waals surface area contributed by atoms with Crippen LogP contribution in [0.4, 0.5) is 0 Å². The van der Waals surface area contributed by atoms with E-state index in [1.165, 1.54) is 19.1 Å². The molecule has 137 heavy (non-hydrogen) atoms. The van der Waals surface area contributed by atoms with Gasteiger partial charge in [-0.25, -0.2) is 24.0 Å². The first-order valence-corrected chi connectivity index (χ1v) is 48.2. The molecule has 0 saturated carbocycles. The van der Waals surface area contributed by atoms with Crippen LogP contribution >= 0.6 is 0 Å². The molecule has 31 nitrogen and oxygen atoms in total. The molecule has 3 rings (SSSR count). The van der Waals surface area contributed by atoms with Crippen LogP contribution in [0.5, 0.6) is 0 Å². The van der Waals surface area contributed by atoms with Crippen LogP contribution in [0.3, 0.4) is 0 Å². The summed E-state index contributed by atoms with van der Waals surface area (Å²) in [7, 11) is 0. The number of aliphatic hydroxyl groups is 10. The molecule has 772 valence electrons. The maximum Gasteiger partial charge on any atom is 0.342 e. The van der Waals surface area contributed by atoms with Gasteiger partial charge < -0.3 is 89.7 Å². The number of hydrogen-bond donors (Lipinski definition) is 12. The number of aliphatic carboxylic acids is 2. The smallest absolute Gasteiger partial charge is 0.342 e. The zero-order valence-electron chi connectivity index (χ0n) is 84.9. The van der Waals surface area contributed by atoms with E-state index in [0.717, 1.165) is 73.8 Å². The standard InChI is InChI=1S/C36H54O10.C35H54O11.C35H54O10/c1-10-28(13-12-22(4)37)17-29(38)16-21(3)15-20(2)11-14-30(39)25(7)32(41)18-31(40)23(5)26(8)45-34(43)19-33(42)35-24(6)27(9)46-36(35)44;1-9-26(11-13-32(41)42)16-27(36)15-20(3)14-19(2)10-12-28(37)23(6)30(39)17-29(38)21(4)24(7)45-33(43)18-31(40)34-22(5)25(8)46-35(34)44;1-9-27(14-16-32(40)41)12-10-11-20(2)17-21(3)13-15-28(36)24(6)30(38)18-29(37)22(4)25(7)44-33(42)19-31(39)34-23(5)26(8)45-35(34)43/h12-13,17,20-21,23,25-26,30-31,33,39-40,42H,9-11,14-16,18-19H2,1-8H3;11,13,16,19-21,23-24,27-29,31,36-38,40H,8-10,12,14-15,17-18H2,1-7H3,(H,41,42);12,14,16,20-22,24-25,28-29,31,36-37,39H,8-11,13,15,17-19H2,1-7H3,(H,40,41)/b13-12+,28-17+;13-11+,26-16+;16-14+,27-12+/t20?,21-,23-,25+,26-,30?,31?,33?;19?,20-,21-,23+,24-,27?,28?,29?,31?;20-,21?,22+,24-,25+,28?,29?,31?/m110/s1. The van der Waals surface area contributed by atoms with E-state index in [4.69, 9.17) is 38.6 Å². The highest BCUT2D eigenvalue weighted by Gasteiger charge is 2.40. The number of cyclic esters (lactones) is 3. The van der Waals surface area contributed by atoms with E-state index < -0.39 is 182 Å². The third kappa shape index (κ3) is 46.9. The average Bonchev–Trinajstić information content (AvgIpc) is 1.69. The molecule has 0 bridgehead atoms. The molecule has 3 heterocycles. The third-order valence-corrected chi connectivity index (χ3v) is 26.3. The first-order chi connectivity index (χ1) is 63.7. The van der Waals surface area contributed by atoms with Crippen molar-refractivity contribution >= 4 is 76.7 Å². The van der Waals surface area contributed by atoms with Crippen LogP contribution in [0.2, 0.25) is 0 Å². The molecule has 0 aromatic carbocycles. The Morgan fingerprint density at radius 3 is 0.934 bits per heavy atom. The predicted octanol–water partition coefficient (Wildman–Crippen LogP) is 14.3. The second-order valence-corrected chi connectivity index (χ2v) is 38.4. The topological polar surface area (TPSA) is 520 Å². The lowest BCUT2D eigenvalue weighted by atomic mass is 9.85. The fourth-order valence-corrected chi connectivity index (χ4v) is 16.2. The Balaban J connectivity index is 0.00000103. The van der Waals surface area contributed by atoms with Gasteiger partial charge in [0.15, 0.2) is 11.6 Å². The first-order valence-electron chi connectivity index (χ1n) is 48.2. The maximum absolute atomic E-state index is 12.9. The van der Waals surface area contributed by atoms with Gasteiger partial charge in [-0.05, 0) is 204 Å². The molecule has 0 radical (unpaired) electrons. The van der Waals surface area contributed by atoms with E-state index in [1.807, 2.05) is 48.5 Å².